The molecule has 1 aromatic carbocycles. The Labute approximate surface area is 157 Å². The number of aromatic nitrogens is 2. The summed E-state index contributed by atoms with van der Waals surface area (Å²) < 4.78 is 6.63. The summed E-state index contributed by atoms with van der Waals surface area (Å²) in [7, 11) is 1.46. The minimum absolute atomic E-state index is 0.00715. The molecule has 1 aromatic heterocycles. The third-order valence-corrected chi connectivity index (χ3v) is 4.61. The van der Waals surface area contributed by atoms with Crippen molar-refractivity contribution in [2.24, 2.45) is 0 Å². The topological polar surface area (TPSA) is 96.7 Å². The van der Waals surface area contributed by atoms with Gasteiger partial charge in [0.2, 0.25) is 5.91 Å². The number of amides is 2. The van der Waals surface area contributed by atoms with Gasteiger partial charge in [0.15, 0.2) is 0 Å². The second-order valence-corrected chi connectivity index (χ2v) is 6.61. The molecule has 2 heterocycles. The van der Waals surface area contributed by atoms with Crippen molar-refractivity contribution >= 4 is 11.8 Å². The van der Waals surface area contributed by atoms with Crippen molar-refractivity contribution in [2.75, 3.05) is 26.8 Å². The van der Waals surface area contributed by atoms with Gasteiger partial charge in [-0.3, -0.25) is 14.3 Å². The Hall–Kier alpha value is -2.71. The lowest BCUT2D eigenvalue weighted by atomic mass is 10.0. The van der Waals surface area contributed by atoms with Crippen LogP contribution in [0.15, 0.2) is 42.7 Å². The van der Waals surface area contributed by atoms with E-state index >= 15 is 0 Å². The Morgan fingerprint density at radius 1 is 1.37 bits per heavy atom. The molecule has 0 spiro atoms. The van der Waals surface area contributed by atoms with Gasteiger partial charge in [0.1, 0.15) is 6.61 Å². The summed E-state index contributed by atoms with van der Waals surface area (Å²) in [6, 6.07) is 8.79. The van der Waals surface area contributed by atoms with E-state index in [2.05, 4.69) is 10.4 Å². The second kappa shape index (κ2) is 8.79. The van der Waals surface area contributed by atoms with Crippen LogP contribution in [0.4, 0.5) is 0 Å². The van der Waals surface area contributed by atoms with Crippen molar-refractivity contribution in [3.63, 3.8) is 0 Å². The number of carbonyl (C=O) groups excluding carboxylic acids is 2. The van der Waals surface area contributed by atoms with Crippen LogP contribution in [0.3, 0.4) is 0 Å². The molecular weight excluding hydrogens is 348 g/mol. The summed E-state index contributed by atoms with van der Waals surface area (Å²) in [5.41, 5.74) is 1.50. The van der Waals surface area contributed by atoms with Crippen molar-refractivity contribution in [1.82, 2.24) is 20.0 Å². The van der Waals surface area contributed by atoms with Gasteiger partial charge < -0.3 is 20.1 Å². The molecule has 0 bridgehead atoms. The number of hydrogen-bond acceptors (Lipinski definition) is 5. The second-order valence-electron chi connectivity index (χ2n) is 6.61. The summed E-state index contributed by atoms with van der Waals surface area (Å²) in [6.07, 6.45) is 3.26. The van der Waals surface area contributed by atoms with Crippen LogP contribution in [0.1, 0.15) is 22.3 Å². The fraction of sp³-hybridized carbons (Fsp3) is 0.421. The maximum absolute atomic E-state index is 12.6. The predicted octanol–water partition coefficient (Wildman–Crippen LogP) is 0.269. The van der Waals surface area contributed by atoms with Gasteiger partial charge in [0.05, 0.1) is 18.7 Å². The van der Waals surface area contributed by atoms with E-state index in [0.717, 1.165) is 5.56 Å². The van der Waals surface area contributed by atoms with Gasteiger partial charge in [-0.25, -0.2) is 0 Å². The molecule has 3 rings (SSSR count). The highest BCUT2D eigenvalue weighted by atomic mass is 16.5. The van der Waals surface area contributed by atoms with E-state index in [-0.39, 0.29) is 31.0 Å². The Kier molecular flexibility index (Phi) is 6.20. The average Bonchev–Trinajstić information content (AvgIpc) is 3.16. The zero-order valence-electron chi connectivity index (χ0n) is 15.2. The van der Waals surface area contributed by atoms with Crippen LogP contribution in [0.25, 0.3) is 0 Å². The molecule has 8 heteroatoms. The minimum Gasteiger partial charge on any atom is -0.389 e. The zero-order chi connectivity index (χ0) is 19.2. The first-order valence-corrected chi connectivity index (χ1v) is 8.89. The van der Waals surface area contributed by atoms with Gasteiger partial charge in [0.25, 0.3) is 5.91 Å². The van der Waals surface area contributed by atoms with Crippen molar-refractivity contribution in [2.45, 2.75) is 25.1 Å². The molecule has 0 saturated carbocycles. The highest BCUT2D eigenvalue weighted by Crippen LogP contribution is 2.13. The van der Waals surface area contributed by atoms with Crippen LogP contribution in [0, 0.1) is 0 Å². The zero-order valence-corrected chi connectivity index (χ0v) is 15.2. The van der Waals surface area contributed by atoms with Crippen LogP contribution in [0.5, 0.6) is 0 Å². The van der Waals surface area contributed by atoms with Crippen molar-refractivity contribution in [3.05, 3.63) is 53.9 Å². The lowest BCUT2D eigenvalue weighted by Crippen LogP contribution is -2.55. The molecule has 0 radical (unpaired) electrons. The standard InChI is InChI=1S/C19H24N4O4/c1-27-13-18(25)22-9-6-16(17(24)12-22)21-19(26)15-5-2-4-14(10-15)11-23-8-3-7-20-23/h2-5,7-8,10,16-17,24H,6,9,11-13H2,1H3,(H,21,26)/t16-,17-/m1/s1. The maximum atomic E-state index is 12.6. The number of hydrogen-bond donors (Lipinski definition) is 2. The number of likely N-dealkylation sites (tertiary alicyclic amines) is 1. The summed E-state index contributed by atoms with van der Waals surface area (Å²) in [5, 5.41) is 17.4. The summed E-state index contributed by atoms with van der Waals surface area (Å²) in [6.45, 7) is 1.24. The highest BCUT2D eigenvalue weighted by molar-refractivity contribution is 5.94. The van der Waals surface area contributed by atoms with Gasteiger partial charge in [-0.1, -0.05) is 12.1 Å². The van der Waals surface area contributed by atoms with E-state index in [9.17, 15) is 14.7 Å². The highest BCUT2D eigenvalue weighted by Gasteiger charge is 2.31. The number of carbonyl (C=O) groups is 2. The number of aliphatic hydroxyl groups excluding tert-OH is 1. The Balaban J connectivity index is 1.58. The van der Waals surface area contributed by atoms with Crippen LogP contribution < -0.4 is 5.32 Å². The Morgan fingerprint density at radius 2 is 2.22 bits per heavy atom. The number of benzene rings is 1. The summed E-state index contributed by atoms with van der Waals surface area (Å²) in [5.74, 6) is -0.398. The molecule has 2 amide bonds. The molecule has 1 aliphatic heterocycles. The smallest absolute Gasteiger partial charge is 0.251 e. The number of β-amino-alcohol motifs (C(OH)–C–C–N with tert-alkyl or cyclic N) is 1. The Bertz CT molecular complexity index is 778. The van der Waals surface area contributed by atoms with E-state index in [1.54, 1.807) is 21.8 Å². The molecule has 2 N–H and O–H groups in total. The van der Waals surface area contributed by atoms with E-state index in [1.807, 2.05) is 30.5 Å². The van der Waals surface area contributed by atoms with Crippen LogP contribution >= 0.6 is 0 Å². The molecule has 27 heavy (non-hydrogen) atoms. The first-order valence-electron chi connectivity index (χ1n) is 8.89. The third-order valence-electron chi connectivity index (χ3n) is 4.61. The number of rotatable bonds is 6. The molecule has 2 atom stereocenters. The first-order chi connectivity index (χ1) is 13.1. The van der Waals surface area contributed by atoms with Crippen LogP contribution in [-0.2, 0) is 16.1 Å². The molecule has 0 unspecified atom stereocenters. The average molecular weight is 372 g/mol. The molecule has 1 fully saturated rings. The molecule has 2 aromatic rings. The third kappa shape index (κ3) is 4.93. The van der Waals surface area contributed by atoms with Crippen molar-refractivity contribution in [1.29, 1.82) is 0 Å². The number of ether oxygens (including phenoxy) is 1. The van der Waals surface area contributed by atoms with E-state index in [0.29, 0.717) is 25.1 Å². The molecule has 8 nitrogen and oxygen atoms in total. The Morgan fingerprint density at radius 3 is 2.93 bits per heavy atom. The van der Waals surface area contributed by atoms with E-state index in [1.165, 1.54) is 7.11 Å². The van der Waals surface area contributed by atoms with Gasteiger partial charge in [-0.15, -0.1) is 0 Å². The number of aliphatic hydroxyl groups is 1. The fourth-order valence-corrected chi connectivity index (χ4v) is 3.18. The van der Waals surface area contributed by atoms with E-state index < -0.39 is 6.10 Å². The molecule has 1 saturated heterocycles. The monoisotopic (exact) mass is 372 g/mol. The fourth-order valence-electron chi connectivity index (χ4n) is 3.18. The van der Waals surface area contributed by atoms with Gasteiger partial charge in [-0.05, 0) is 30.2 Å². The van der Waals surface area contributed by atoms with Gasteiger partial charge in [0, 0.05) is 38.2 Å². The lowest BCUT2D eigenvalue weighted by molar-refractivity contribution is -0.138. The van der Waals surface area contributed by atoms with Gasteiger partial charge in [-0.2, -0.15) is 5.10 Å². The molecule has 0 aliphatic carbocycles. The van der Waals surface area contributed by atoms with E-state index in [4.69, 9.17) is 4.74 Å². The number of piperidine rings is 1. The lowest BCUT2D eigenvalue weighted by Gasteiger charge is -2.36. The molecule has 144 valence electrons. The summed E-state index contributed by atoms with van der Waals surface area (Å²) >= 11 is 0. The maximum Gasteiger partial charge on any atom is 0.251 e. The normalized spacial score (nSPS) is 19.7. The summed E-state index contributed by atoms with van der Waals surface area (Å²) in [4.78, 5) is 26.0. The van der Waals surface area contributed by atoms with Crippen molar-refractivity contribution in [3.8, 4) is 0 Å². The van der Waals surface area contributed by atoms with Crippen molar-refractivity contribution < 1.29 is 19.4 Å². The van der Waals surface area contributed by atoms with Crippen LogP contribution in [0.2, 0.25) is 0 Å². The quantitative estimate of drug-likeness (QED) is 0.759. The predicted molar refractivity (Wildman–Crippen MR) is 98.1 cm³/mol. The SMILES string of the molecule is COCC(=O)N1CC[C@@H](NC(=O)c2cccc(Cn3cccn3)c2)[C@H](O)C1. The minimum atomic E-state index is -0.809. The van der Waals surface area contributed by atoms with Crippen LogP contribution in [-0.4, -0.2) is 70.6 Å². The first kappa shape index (κ1) is 19.1. The number of nitrogens with one attached hydrogen (secondary N) is 1. The number of nitrogens with zero attached hydrogens (tertiary/aromatic N) is 3. The number of methoxy groups -OCH3 is 1. The largest absolute Gasteiger partial charge is 0.389 e. The molecule has 1 aliphatic rings. The van der Waals surface area contributed by atoms with Gasteiger partial charge >= 0.3 is 0 Å². The molecular formula is C19H24N4O4.